The van der Waals surface area contributed by atoms with Crippen LogP contribution in [0.15, 0.2) is 0 Å². The van der Waals surface area contributed by atoms with Crippen LogP contribution in [-0.4, -0.2) is 71.7 Å². The highest BCUT2D eigenvalue weighted by atomic mass is 79.9. The van der Waals surface area contributed by atoms with Gasteiger partial charge in [-0.25, -0.2) is 8.78 Å². The van der Waals surface area contributed by atoms with Gasteiger partial charge in [0.2, 0.25) is 17.4 Å². The van der Waals surface area contributed by atoms with Gasteiger partial charge in [-0.15, -0.1) is 0 Å². The van der Waals surface area contributed by atoms with Crippen LogP contribution in [0.5, 0.6) is 5.75 Å². The smallest absolute Gasteiger partial charge is 0.303 e. The average molecular weight is 590 g/mol. The van der Waals surface area contributed by atoms with Gasteiger partial charge in [0.25, 0.3) is 5.91 Å². The van der Waals surface area contributed by atoms with E-state index < -0.39 is 94.1 Å². The molecule has 0 bridgehead atoms. The number of nitrogens with one attached hydrogen (secondary N) is 1. The van der Waals surface area contributed by atoms with Crippen molar-refractivity contribution in [3.05, 3.63) is 28.8 Å². The molecule has 1 fully saturated rings. The second kappa shape index (κ2) is 11.4. The van der Waals surface area contributed by atoms with Gasteiger partial charge in [-0.3, -0.25) is 19.2 Å². The molecule has 5 atom stereocenters. The van der Waals surface area contributed by atoms with E-state index in [0.717, 1.165) is 27.9 Å². The highest BCUT2D eigenvalue weighted by Gasteiger charge is 2.61. The minimum absolute atomic E-state index is 0.686. The number of methoxy groups -OCH3 is 1. The number of hydrogen-bond acceptors (Lipinski definition) is 10. The highest BCUT2D eigenvalue weighted by Crippen LogP contribution is 2.37. The topological polar surface area (TPSA) is 147 Å². The number of aliphatic hydroxyl groups is 1. The lowest BCUT2D eigenvalue weighted by Crippen LogP contribution is -2.74. The number of hydrogen-bond donors (Lipinski definition) is 2. The van der Waals surface area contributed by atoms with Crippen molar-refractivity contribution in [2.75, 3.05) is 13.7 Å². The van der Waals surface area contributed by atoms with E-state index in [4.69, 9.17) is 18.9 Å². The zero-order chi connectivity index (χ0) is 27.5. The van der Waals surface area contributed by atoms with Gasteiger partial charge >= 0.3 is 17.9 Å². The Morgan fingerprint density at radius 3 is 1.89 bits per heavy atom. The molecule has 0 spiro atoms. The normalized spacial score (nSPS) is 25.5. The number of ether oxygens (including phenoxy) is 5. The van der Waals surface area contributed by atoms with E-state index in [9.17, 15) is 41.8 Å². The van der Waals surface area contributed by atoms with Gasteiger partial charge in [0, 0.05) is 20.8 Å². The molecule has 16 heteroatoms. The molecule has 0 saturated carbocycles. The maximum absolute atomic E-state index is 14.5. The van der Waals surface area contributed by atoms with Crippen molar-refractivity contribution in [1.29, 1.82) is 0 Å². The lowest BCUT2D eigenvalue weighted by Gasteiger charge is -2.48. The van der Waals surface area contributed by atoms with Crippen LogP contribution in [0.4, 0.5) is 17.6 Å². The minimum atomic E-state index is -3.06. The quantitative estimate of drug-likeness (QED) is 0.119. The number of alkyl halides is 1. The molecule has 11 nitrogen and oxygen atoms in total. The summed E-state index contributed by atoms with van der Waals surface area (Å²) >= 11 is 2.94. The fourth-order valence-corrected chi connectivity index (χ4v) is 4.11. The monoisotopic (exact) mass is 589 g/mol. The van der Waals surface area contributed by atoms with Crippen molar-refractivity contribution in [3.63, 3.8) is 0 Å². The molecule has 1 aliphatic rings. The Balaban J connectivity index is 2.65. The molecule has 0 aromatic heterocycles. The summed E-state index contributed by atoms with van der Waals surface area (Å²) in [6.07, 6.45) is -5.58. The lowest BCUT2D eigenvalue weighted by molar-refractivity contribution is -0.273. The summed E-state index contributed by atoms with van der Waals surface area (Å²) in [5.74, 6) is -14.8. The first-order valence-corrected chi connectivity index (χ1v) is 10.8. The Hall–Kier alpha value is -2.98. The molecule has 0 radical (unpaired) electrons. The van der Waals surface area contributed by atoms with E-state index in [0.29, 0.717) is 0 Å². The predicted octanol–water partition coefficient (Wildman–Crippen LogP) is 1.22. The Bertz CT molecular complexity index is 1040. The summed E-state index contributed by atoms with van der Waals surface area (Å²) in [7, 11) is 0.720. The summed E-state index contributed by atoms with van der Waals surface area (Å²) in [5.41, 5.74) is -4.88. The van der Waals surface area contributed by atoms with Crippen molar-refractivity contribution in [2.45, 2.75) is 49.8 Å². The van der Waals surface area contributed by atoms with Crippen LogP contribution in [0.2, 0.25) is 0 Å². The molecule has 1 aromatic carbocycles. The molecule has 1 aromatic rings. The van der Waals surface area contributed by atoms with Crippen molar-refractivity contribution in [1.82, 2.24) is 5.32 Å². The molecule has 0 unspecified atom stereocenters. The molecule has 2 rings (SSSR count). The summed E-state index contributed by atoms with van der Waals surface area (Å²) in [6.45, 7) is 2.10. The van der Waals surface area contributed by atoms with Gasteiger partial charge in [0.15, 0.2) is 34.6 Å². The van der Waals surface area contributed by atoms with Crippen molar-refractivity contribution in [2.24, 2.45) is 0 Å². The van der Waals surface area contributed by atoms with Crippen LogP contribution in [0.3, 0.4) is 0 Å². The minimum Gasteiger partial charge on any atom is -0.491 e. The fourth-order valence-electron chi connectivity index (χ4n) is 3.32. The number of carbonyl (C=O) groups is 4. The second-order valence-corrected chi connectivity index (χ2v) is 8.23. The van der Waals surface area contributed by atoms with E-state index in [1.165, 1.54) is 0 Å². The molecule has 1 saturated heterocycles. The Kier molecular flexibility index (Phi) is 9.25. The predicted molar refractivity (Wildman–Crippen MR) is 111 cm³/mol. The fraction of sp³-hybridized carbons (Fsp3) is 0.500. The Morgan fingerprint density at radius 2 is 1.44 bits per heavy atom. The van der Waals surface area contributed by atoms with Crippen LogP contribution in [-0.2, 0) is 33.3 Å². The first kappa shape index (κ1) is 29.3. The van der Waals surface area contributed by atoms with E-state index >= 15 is 0 Å². The Labute approximate surface area is 209 Å². The third-order valence-corrected chi connectivity index (χ3v) is 5.45. The van der Waals surface area contributed by atoms with Crippen LogP contribution in [0.1, 0.15) is 31.1 Å². The first-order valence-electron chi connectivity index (χ1n) is 9.87. The first-order chi connectivity index (χ1) is 16.6. The molecule has 2 N–H and O–H groups in total. The van der Waals surface area contributed by atoms with Gasteiger partial charge < -0.3 is 34.1 Å². The number of amides is 1. The standard InChI is InChI=1S/C20H20BrF4NO10/c1-6(27)33-5-9-16(34-7(2)28)20(31,17(18(21)36-9)35-8(3)29)26-19(30)10-11(22)13(24)15(32-4)14(25)12(10)23/h9,16-18,31H,5H2,1-4H3,(H,26,30)/t9-,16+,17+,18+,20+/m1/s1. The number of benzene rings is 1. The molecule has 0 aliphatic carbocycles. The summed E-state index contributed by atoms with van der Waals surface area (Å²) < 4.78 is 81.9. The van der Waals surface area contributed by atoms with Gasteiger partial charge in [-0.05, 0) is 0 Å². The lowest BCUT2D eigenvalue weighted by atomic mass is 9.91. The summed E-state index contributed by atoms with van der Waals surface area (Å²) in [5, 5.41) is 11.7. The summed E-state index contributed by atoms with van der Waals surface area (Å²) in [6, 6.07) is 0. The molecule has 200 valence electrons. The Morgan fingerprint density at radius 1 is 0.944 bits per heavy atom. The van der Waals surface area contributed by atoms with Crippen LogP contribution in [0, 0.1) is 23.3 Å². The maximum atomic E-state index is 14.5. The average Bonchev–Trinajstić information content (AvgIpc) is 2.76. The zero-order valence-electron chi connectivity index (χ0n) is 19.0. The number of carbonyl (C=O) groups excluding carboxylic acids is 4. The molecule has 1 amide bonds. The van der Waals surface area contributed by atoms with Crippen LogP contribution in [0.25, 0.3) is 0 Å². The van der Waals surface area contributed by atoms with Crippen LogP contribution < -0.4 is 10.1 Å². The molecular weight excluding hydrogens is 570 g/mol. The zero-order valence-corrected chi connectivity index (χ0v) is 20.6. The molecular formula is C20H20BrF4NO10. The van der Waals surface area contributed by atoms with E-state index in [2.05, 4.69) is 20.7 Å². The number of esters is 3. The van der Waals surface area contributed by atoms with Gasteiger partial charge in [0.05, 0.1) is 7.11 Å². The third kappa shape index (κ3) is 5.87. The van der Waals surface area contributed by atoms with Gasteiger partial charge in [-0.1, -0.05) is 15.9 Å². The van der Waals surface area contributed by atoms with Crippen molar-refractivity contribution in [3.8, 4) is 5.75 Å². The van der Waals surface area contributed by atoms with E-state index in [1.54, 1.807) is 5.32 Å². The van der Waals surface area contributed by atoms with E-state index in [1.807, 2.05) is 0 Å². The number of halogens is 5. The summed E-state index contributed by atoms with van der Waals surface area (Å²) in [4.78, 5) is 47.5. The van der Waals surface area contributed by atoms with E-state index in [-0.39, 0.29) is 0 Å². The van der Waals surface area contributed by atoms with Crippen molar-refractivity contribution >= 4 is 39.7 Å². The SMILES string of the molecule is COc1c(F)c(F)c(C(=O)N[C@@]2(O)[C@@H](OC(C)=O)[C@@H](Br)O[C@H](COC(C)=O)[C@@H]2OC(C)=O)c(F)c1F. The molecule has 36 heavy (non-hydrogen) atoms. The van der Waals surface area contributed by atoms with Crippen molar-refractivity contribution < 1.29 is 65.5 Å². The maximum Gasteiger partial charge on any atom is 0.303 e. The largest absolute Gasteiger partial charge is 0.491 e. The van der Waals surface area contributed by atoms with Gasteiger partial charge in [0.1, 0.15) is 18.3 Å². The molecule has 1 aliphatic heterocycles. The third-order valence-electron chi connectivity index (χ3n) is 4.75. The highest BCUT2D eigenvalue weighted by molar-refractivity contribution is 9.09. The van der Waals surface area contributed by atoms with Gasteiger partial charge in [-0.2, -0.15) is 8.78 Å². The molecule has 1 heterocycles. The van der Waals surface area contributed by atoms with Crippen LogP contribution >= 0.6 is 15.9 Å². The number of rotatable bonds is 7. The second-order valence-electron chi connectivity index (χ2n) is 7.33.